The Hall–Kier alpha value is -2.13. The number of amides is 2. The van der Waals surface area contributed by atoms with Crippen molar-refractivity contribution in [3.63, 3.8) is 0 Å². The lowest BCUT2D eigenvalue weighted by atomic mass is 10.2. The summed E-state index contributed by atoms with van der Waals surface area (Å²) in [6.45, 7) is 8.20. The van der Waals surface area contributed by atoms with Crippen LogP contribution in [0.2, 0.25) is 0 Å². The van der Waals surface area contributed by atoms with Gasteiger partial charge in [-0.3, -0.25) is 4.79 Å². The van der Waals surface area contributed by atoms with Crippen LogP contribution in [0.5, 0.6) is 0 Å². The van der Waals surface area contributed by atoms with Gasteiger partial charge in [0, 0.05) is 30.7 Å². The number of rotatable bonds is 3. The van der Waals surface area contributed by atoms with E-state index in [0.717, 1.165) is 10.2 Å². The van der Waals surface area contributed by atoms with Crippen LogP contribution in [0.3, 0.4) is 0 Å². The van der Waals surface area contributed by atoms with Crippen molar-refractivity contribution in [2.45, 2.75) is 26.4 Å². The highest BCUT2D eigenvalue weighted by molar-refractivity contribution is 9.10. The number of aromatic nitrogens is 1. The summed E-state index contributed by atoms with van der Waals surface area (Å²) < 4.78 is 6.20. The molecule has 0 radical (unpaired) electrons. The van der Waals surface area contributed by atoms with E-state index in [4.69, 9.17) is 4.74 Å². The van der Waals surface area contributed by atoms with Crippen LogP contribution < -0.4 is 10.2 Å². The summed E-state index contributed by atoms with van der Waals surface area (Å²) in [6.07, 6.45) is 1.46. The van der Waals surface area contributed by atoms with Crippen molar-refractivity contribution in [2.24, 2.45) is 0 Å². The molecule has 7 nitrogen and oxygen atoms in total. The van der Waals surface area contributed by atoms with Gasteiger partial charge < -0.3 is 19.9 Å². The largest absolute Gasteiger partial charge is 0.444 e. The predicted molar refractivity (Wildman–Crippen MR) is 114 cm³/mol. The van der Waals surface area contributed by atoms with E-state index in [0.29, 0.717) is 36.9 Å². The van der Waals surface area contributed by atoms with Gasteiger partial charge in [0.1, 0.15) is 16.3 Å². The molecular formula is C19H23BrN4O3S. The summed E-state index contributed by atoms with van der Waals surface area (Å²) in [6, 6.07) is 5.55. The first-order chi connectivity index (χ1) is 13.2. The maximum absolute atomic E-state index is 12.3. The van der Waals surface area contributed by atoms with Crippen molar-refractivity contribution in [1.82, 2.24) is 9.88 Å². The monoisotopic (exact) mass is 466 g/mol. The minimum absolute atomic E-state index is 0.187. The van der Waals surface area contributed by atoms with E-state index in [1.165, 1.54) is 11.3 Å². The van der Waals surface area contributed by atoms with Gasteiger partial charge in [-0.15, -0.1) is 11.3 Å². The molecule has 9 heteroatoms. The number of hydrogen-bond acceptors (Lipinski definition) is 6. The SMILES string of the molecule is CC(C)(C)OC(=O)N1CCN(c2ccc(NC(=O)c3sccc3Br)nc2)CC1. The van der Waals surface area contributed by atoms with Crippen LogP contribution in [-0.2, 0) is 4.74 Å². The standard InChI is InChI=1S/C19H23BrN4O3S/c1-19(2,3)27-18(26)24-9-7-23(8-10-24)13-4-5-15(21-12-13)22-17(25)16-14(20)6-11-28-16/h4-6,11-12H,7-10H2,1-3H3,(H,21,22,25). The molecule has 0 aliphatic carbocycles. The predicted octanol–water partition coefficient (Wildman–Crippen LogP) is 4.22. The highest BCUT2D eigenvalue weighted by atomic mass is 79.9. The lowest BCUT2D eigenvalue weighted by Gasteiger charge is -2.36. The molecule has 1 aliphatic heterocycles. The van der Waals surface area contributed by atoms with Gasteiger partial charge >= 0.3 is 6.09 Å². The number of thiophene rings is 1. The van der Waals surface area contributed by atoms with Crippen molar-refractivity contribution in [2.75, 3.05) is 36.4 Å². The van der Waals surface area contributed by atoms with Crippen LogP contribution in [-0.4, -0.2) is 53.7 Å². The minimum atomic E-state index is -0.489. The van der Waals surface area contributed by atoms with E-state index >= 15 is 0 Å². The average molecular weight is 467 g/mol. The number of anilines is 2. The van der Waals surface area contributed by atoms with Crippen LogP contribution in [0.4, 0.5) is 16.3 Å². The summed E-state index contributed by atoms with van der Waals surface area (Å²) >= 11 is 4.73. The molecule has 0 aromatic carbocycles. The summed E-state index contributed by atoms with van der Waals surface area (Å²) in [5.74, 6) is 0.314. The van der Waals surface area contributed by atoms with Crippen LogP contribution >= 0.6 is 27.3 Å². The number of pyridine rings is 1. The molecule has 1 saturated heterocycles. The first kappa shape index (κ1) is 20.6. The van der Waals surface area contributed by atoms with Gasteiger partial charge in [0.25, 0.3) is 5.91 Å². The molecule has 150 valence electrons. The highest BCUT2D eigenvalue weighted by Gasteiger charge is 2.26. The maximum atomic E-state index is 12.3. The summed E-state index contributed by atoms with van der Waals surface area (Å²) in [4.78, 5) is 33.3. The number of nitrogens with one attached hydrogen (secondary N) is 1. The Morgan fingerprint density at radius 2 is 1.89 bits per heavy atom. The van der Waals surface area contributed by atoms with Crippen molar-refractivity contribution < 1.29 is 14.3 Å². The maximum Gasteiger partial charge on any atom is 0.410 e. The van der Waals surface area contributed by atoms with E-state index < -0.39 is 5.60 Å². The number of halogens is 1. The quantitative estimate of drug-likeness (QED) is 0.732. The normalized spacial score (nSPS) is 14.7. The highest BCUT2D eigenvalue weighted by Crippen LogP contribution is 2.24. The topological polar surface area (TPSA) is 74.8 Å². The third-order valence-electron chi connectivity index (χ3n) is 4.11. The number of hydrogen-bond donors (Lipinski definition) is 1. The number of carbonyl (C=O) groups excluding carboxylic acids is 2. The lowest BCUT2D eigenvalue weighted by molar-refractivity contribution is 0.0240. The fourth-order valence-electron chi connectivity index (χ4n) is 2.75. The minimum Gasteiger partial charge on any atom is -0.444 e. The molecule has 0 spiro atoms. The fraction of sp³-hybridized carbons (Fsp3) is 0.421. The second kappa shape index (κ2) is 8.48. The Balaban J connectivity index is 1.54. The van der Waals surface area contributed by atoms with Crippen LogP contribution in [0.1, 0.15) is 30.4 Å². The number of piperazine rings is 1. The average Bonchev–Trinajstić information content (AvgIpc) is 3.07. The molecule has 2 amide bonds. The Morgan fingerprint density at radius 1 is 1.18 bits per heavy atom. The Kier molecular flexibility index (Phi) is 6.24. The molecule has 3 heterocycles. The van der Waals surface area contributed by atoms with Gasteiger partial charge in [-0.1, -0.05) is 0 Å². The van der Waals surface area contributed by atoms with Crippen molar-refractivity contribution in [3.8, 4) is 0 Å². The Labute approximate surface area is 176 Å². The number of carbonyl (C=O) groups is 2. The van der Waals surface area contributed by atoms with Crippen molar-refractivity contribution in [1.29, 1.82) is 0 Å². The fourth-order valence-corrected chi connectivity index (χ4v) is 4.20. The summed E-state index contributed by atoms with van der Waals surface area (Å²) in [5.41, 5.74) is 0.469. The van der Waals surface area contributed by atoms with Crippen molar-refractivity contribution >= 4 is 50.8 Å². The Morgan fingerprint density at radius 3 is 2.43 bits per heavy atom. The first-order valence-corrected chi connectivity index (χ1v) is 10.6. The molecule has 1 fully saturated rings. The first-order valence-electron chi connectivity index (χ1n) is 8.96. The third kappa shape index (κ3) is 5.23. The molecular weight excluding hydrogens is 444 g/mol. The van der Waals surface area contributed by atoms with Gasteiger partial charge in [-0.05, 0) is 60.3 Å². The van der Waals surface area contributed by atoms with Crippen LogP contribution in [0.25, 0.3) is 0 Å². The zero-order valence-corrected chi connectivity index (χ0v) is 18.5. The summed E-state index contributed by atoms with van der Waals surface area (Å²) in [7, 11) is 0. The van der Waals surface area contributed by atoms with Gasteiger partial charge in [-0.2, -0.15) is 0 Å². The smallest absolute Gasteiger partial charge is 0.410 e. The molecule has 0 saturated carbocycles. The van der Waals surface area contributed by atoms with Crippen LogP contribution in [0, 0.1) is 0 Å². The molecule has 0 unspecified atom stereocenters. The van der Waals surface area contributed by atoms with Gasteiger partial charge in [0.15, 0.2) is 0 Å². The summed E-state index contributed by atoms with van der Waals surface area (Å²) in [5, 5.41) is 4.66. The molecule has 0 atom stereocenters. The van der Waals surface area contributed by atoms with Crippen molar-refractivity contribution in [3.05, 3.63) is 39.1 Å². The molecule has 1 aliphatic rings. The van der Waals surface area contributed by atoms with E-state index in [9.17, 15) is 9.59 Å². The number of ether oxygens (including phenoxy) is 1. The van der Waals surface area contributed by atoms with E-state index in [1.54, 1.807) is 17.2 Å². The van der Waals surface area contributed by atoms with E-state index in [2.05, 4.69) is 31.1 Å². The van der Waals surface area contributed by atoms with Gasteiger partial charge in [-0.25, -0.2) is 9.78 Å². The molecule has 1 N–H and O–H groups in total. The van der Waals surface area contributed by atoms with Gasteiger partial charge in [0.05, 0.1) is 11.9 Å². The van der Waals surface area contributed by atoms with E-state index in [1.807, 2.05) is 38.3 Å². The second-order valence-electron chi connectivity index (χ2n) is 7.41. The third-order valence-corrected chi connectivity index (χ3v) is 5.95. The lowest BCUT2D eigenvalue weighted by Crippen LogP contribution is -2.50. The second-order valence-corrected chi connectivity index (χ2v) is 9.18. The number of nitrogens with zero attached hydrogens (tertiary/aromatic N) is 3. The van der Waals surface area contributed by atoms with E-state index in [-0.39, 0.29) is 12.0 Å². The zero-order chi connectivity index (χ0) is 20.3. The van der Waals surface area contributed by atoms with Gasteiger partial charge in [0.2, 0.25) is 0 Å². The van der Waals surface area contributed by atoms with Crippen LogP contribution in [0.15, 0.2) is 34.2 Å². The molecule has 28 heavy (non-hydrogen) atoms. The molecule has 2 aromatic rings. The Bertz CT molecular complexity index is 840. The zero-order valence-electron chi connectivity index (χ0n) is 16.1. The molecule has 2 aromatic heterocycles. The molecule has 3 rings (SSSR count). The molecule has 0 bridgehead atoms.